The summed E-state index contributed by atoms with van der Waals surface area (Å²) in [4.78, 5) is 27.1. The van der Waals surface area contributed by atoms with Gasteiger partial charge >= 0.3 is 6.09 Å². The Labute approximate surface area is 193 Å². The molecule has 2 atom stereocenters. The van der Waals surface area contributed by atoms with Crippen LogP contribution in [0.1, 0.15) is 57.6 Å². The van der Waals surface area contributed by atoms with Crippen LogP contribution in [0.25, 0.3) is 0 Å². The molecular weight excluding hydrogens is 423 g/mol. The maximum atomic E-state index is 13.9. The van der Waals surface area contributed by atoms with Crippen LogP contribution in [-0.2, 0) is 16.9 Å². The second kappa shape index (κ2) is 8.36. The molecule has 7 heteroatoms. The summed E-state index contributed by atoms with van der Waals surface area (Å²) >= 11 is 0. The summed E-state index contributed by atoms with van der Waals surface area (Å²) in [6.07, 6.45) is 1.21. The topological polar surface area (TPSA) is 78.9 Å². The molecular formula is C26H31FN2O4. The fourth-order valence-corrected chi connectivity index (χ4v) is 5.66. The zero-order valence-electron chi connectivity index (χ0n) is 19.4. The van der Waals surface area contributed by atoms with Gasteiger partial charge in [-0.3, -0.25) is 9.69 Å². The van der Waals surface area contributed by atoms with Crippen LogP contribution in [0.4, 0.5) is 9.18 Å². The SMILES string of the molecule is CC(C)(C)[C@@]1(c2ccc(OCc3ccccc3F)cc2)CC[C@]2(CCCNC2=O)N1C(=O)O. The Morgan fingerprint density at radius 1 is 1.12 bits per heavy atom. The highest BCUT2D eigenvalue weighted by Crippen LogP contribution is 2.58. The molecule has 2 heterocycles. The molecule has 2 amide bonds. The van der Waals surface area contributed by atoms with E-state index in [4.69, 9.17) is 4.74 Å². The third kappa shape index (κ3) is 3.73. The summed E-state index contributed by atoms with van der Waals surface area (Å²) in [5.41, 5.74) is -1.12. The molecule has 0 unspecified atom stereocenters. The van der Waals surface area contributed by atoms with Gasteiger partial charge < -0.3 is 15.2 Å². The average Bonchev–Trinajstić information content (AvgIpc) is 3.13. The molecule has 2 aliphatic rings. The van der Waals surface area contributed by atoms with Gasteiger partial charge in [-0.05, 0) is 54.9 Å². The highest BCUT2D eigenvalue weighted by atomic mass is 19.1. The zero-order chi connectivity index (χ0) is 23.9. The van der Waals surface area contributed by atoms with Crippen LogP contribution in [0.2, 0.25) is 0 Å². The highest BCUT2D eigenvalue weighted by Gasteiger charge is 2.65. The van der Waals surface area contributed by atoms with E-state index in [9.17, 15) is 19.1 Å². The first-order chi connectivity index (χ1) is 15.6. The molecule has 6 nitrogen and oxygen atoms in total. The van der Waals surface area contributed by atoms with Gasteiger partial charge in [-0.1, -0.05) is 51.1 Å². The Morgan fingerprint density at radius 3 is 2.42 bits per heavy atom. The normalized spacial score (nSPS) is 25.2. The van der Waals surface area contributed by atoms with Crippen LogP contribution in [0.3, 0.4) is 0 Å². The quantitative estimate of drug-likeness (QED) is 0.676. The van der Waals surface area contributed by atoms with E-state index in [2.05, 4.69) is 5.32 Å². The van der Waals surface area contributed by atoms with Crippen LogP contribution in [-0.4, -0.2) is 34.1 Å². The monoisotopic (exact) mass is 454 g/mol. The molecule has 2 aromatic carbocycles. The lowest BCUT2D eigenvalue weighted by atomic mass is 9.67. The minimum Gasteiger partial charge on any atom is -0.489 e. The van der Waals surface area contributed by atoms with Crippen molar-refractivity contribution in [3.05, 3.63) is 65.5 Å². The Bertz CT molecular complexity index is 1050. The summed E-state index contributed by atoms with van der Waals surface area (Å²) in [6, 6.07) is 13.8. The Morgan fingerprint density at radius 2 is 1.82 bits per heavy atom. The number of piperidine rings is 1. The first-order valence-corrected chi connectivity index (χ1v) is 11.4. The number of likely N-dealkylation sites (tertiary alicyclic amines) is 1. The van der Waals surface area contributed by atoms with Crippen molar-refractivity contribution in [2.75, 3.05) is 6.54 Å². The molecule has 1 spiro atoms. The molecule has 33 heavy (non-hydrogen) atoms. The molecule has 0 saturated carbocycles. The van der Waals surface area contributed by atoms with Crippen molar-refractivity contribution in [3.8, 4) is 5.75 Å². The van der Waals surface area contributed by atoms with Gasteiger partial charge in [0.1, 0.15) is 23.7 Å². The van der Waals surface area contributed by atoms with Crippen molar-refractivity contribution in [2.24, 2.45) is 5.41 Å². The van der Waals surface area contributed by atoms with Crippen molar-refractivity contribution in [1.82, 2.24) is 10.2 Å². The van der Waals surface area contributed by atoms with Crippen molar-refractivity contribution < 1.29 is 23.8 Å². The number of ether oxygens (including phenoxy) is 1. The molecule has 0 bridgehead atoms. The number of hydrogen-bond acceptors (Lipinski definition) is 3. The standard InChI is InChI=1S/C26H31FN2O4/c1-24(2,3)26(15-14-25(29(26)23(31)32)13-6-16-28-22(25)30)19-9-11-20(12-10-19)33-17-18-7-4-5-8-21(18)27/h4-5,7-12H,6,13-17H2,1-3H3,(H,28,30)(H,31,32)/t25-,26-/m0/s1. The summed E-state index contributed by atoms with van der Waals surface area (Å²) in [6.45, 7) is 6.73. The van der Waals surface area contributed by atoms with Gasteiger partial charge in [-0.25, -0.2) is 9.18 Å². The number of carboxylic acid groups (broad SMARTS) is 1. The van der Waals surface area contributed by atoms with Crippen molar-refractivity contribution in [2.45, 2.75) is 64.1 Å². The molecule has 2 fully saturated rings. The van der Waals surface area contributed by atoms with E-state index in [0.29, 0.717) is 37.1 Å². The first-order valence-electron chi connectivity index (χ1n) is 11.4. The largest absolute Gasteiger partial charge is 0.489 e. The molecule has 0 aliphatic carbocycles. The summed E-state index contributed by atoms with van der Waals surface area (Å²) in [5, 5.41) is 13.3. The number of nitrogens with one attached hydrogen (secondary N) is 1. The predicted octanol–water partition coefficient (Wildman–Crippen LogP) is 5.07. The van der Waals surface area contributed by atoms with E-state index in [-0.39, 0.29) is 18.3 Å². The lowest BCUT2D eigenvalue weighted by molar-refractivity contribution is -0.138. The molecule has 0 radical (unpaired) electrons. The van der Waals surface area contributed by atoms with Crippen LogP contribution in [0.15, 0.2) is 48.5 Å². The van der Waals surface area contributed by atoms with Gasteiger partial charge in [0.05, 0.1) is 5.54 Å². The number of halogens is 1. The van der Waals surface area contributed by atoms with Gasteiger partial charge in [0.15, 0.2) is 0 Å². The third-order valence-electron chi connectivity index (χ3n) is 7.30. The van der Waals surface area contributed by atoms with E-state index in [1.54, 1.807) is 30.3 Å². The van der Waals surface area contributed by atoms with E-state index in [1.165, 1.54) is 11.0 Å². The van der Waals surface area contributed by atoms with Gasteiger partial charge in [0.25, 0.3) is 0 Å². The number of amides is 2. The molecule has 176 valence electrons. The fraction of sp³-hybridized carbons (Fsp3) is 0.462. The number of carbonyl (C=O) groups excluding carboxylic acids is 1. The Balaban J connectivity index is 1.68. The molecule has 2 aromatic rings. The van der Waals surface area contributed by atoms with Crippen LogP contribution in [0.5, 0.6) is 5.75 Å². The van der Waals surface area contributed by atoms with Crippen molar-refractivity contribution in [1.29, 1.82) is 0 Å². The Kier molecular flexibility index (Phi) is 5.85. The summed E-state index contributed by atoms with van der Waals surface area (Å²) in [5.74, 6) is 0.0445. The van der Waals surface area contributed by atoms with E-state index < -0.39 is 22.6 Å². The number of carbonyl (C=O) groups is 2. The smallest absolute Gasteiger partial charge is 0.408 e. The Hall–Kier alpha value is -3.09. The van der Waals surface area contributed by atoms with E-state index in [1.807, 2.05) is 32.9 Å². The molecule has 4 rings (SSSR count). The van der Waals surface area contributed by atoms with Crippen LogP contribution < -0.4 is 10.1 Å². The van der Waals surface area contributed by atoms with E-state index >= 15 is 0 Å². The molecule has 2 aliphatic heterocycles. The van der Waals surface area contributed by atoms with E-state index in [0.717, 1.165) is 12.0 Å². The van der Waals surface area contributed by atoms with Gasteiger partial charge in [-0.2, -0.15) is 0 Å². The number of benzene rings is 2. The number of rotatable bonds is 4. The van der Waals surface area contributed by atoms with Crippen LogP contribution in [0, 0.1) is 11.2 Å². The molecule has 0 aromatic heterocycles. The predicted molar refractivity (Wildman–Crippen MR) is 122 cm³/mol. The molecule has 2 saturated heterocycles. The van der Waals surface area contributed by atoms with Crippen molar-refractivity contribution >= 4 is 12.0 Å². The minimum absolute atomic E-state index is 0.0982. The third-order valence-corrected chi connectivity index (χ3v) is 7.30. The molecule has 2 N–H and O–H groups in total. The van der Waals surface area contributed by atoms with Gasteiger partial charge in [0.2, 0.25) is 5.91 Å². The van der Waals surface area contributed by atoms with Gasteiger partial charge in [-0.15, -0.1) is 0 Å². The highest BCUT2D eigenvalue weighted by molar-refractivity contribution is 5.91. The van der Waals surface area contributed by atoms with Crippen molar-refractivity contribution in [3.63, 3.8) is 0 Å². The average molecular weight is 455 g/mol. The van der Waals surface area contributed by atoms with Crippen LogP contribution >= 0.6 is 0 Å². The fourth-order valence-electron chi connectivity index (χ4n) is 5.66. The lowest BCUT2D eigenvalue weighted by Gasteiger charge is -2.52. The second-order valence-corrected chi connectivity index (χ2v) is 10.0. The van der Waals surface area contributed by atoms with Gasteiger partial charge in [0, 0.05) is 12.1 Å². The lowest BCUT2D eigenvalue weighted by Crippen LogP contribution is -2.66. The summed E-state index contributed by atoms with van der Waals surface area (Å²) in [7, 11) is 0. The maximum absolute atomic E-state index is 13.9. The second-order valence-electron chi connectivity index (χ2n) is 10.0. The summed E-state index contributed by atoms with van der Waals surface area (Å²) < 4.78 is 19.7. The number of hydrogen-bond donors (Lipinski definition) is 2. The number of nitrogens with zero attached hydrogens (tertiary/aromatic N) is 1. The first kappa shape index (κ1) is 23.1. The minimum atomic E-state index is -1.08. The zero-order valence-corrected chi connectivity index (χ0v) is 19.4. The maximum Gasteiger partial charge on any atom is 0.408 e.